The van der Waals surface area contributed by atoms with Gasteiger partial charge in [-0.25, -0.2) is 15.0 Å². The number of rotatable bonds is 4. The minimum atomic E-state index is -1.01. The van der Waals surface area contributed by atoms with Gasteiger partial charge >= 0.3 is 0 Å². The summed E-state index contributed by atoms with van der Waals surface area (Å²) >= 11 is 0. The second-order valence-corrected chi connectivity index (χ2v) is 7.86. The molecule has 1 fully saturated rings. The van der Waals surface area contributed by atoms with E-state index in [-0.39, 0.29) is 6.61 Å². The van der Waals surface area contributed by atoms with Gasteiger partial charge in [0.15, 0.2) is 11.8 Å². The predicted octanol–water partition coefficient (Wildman–Crippen LogP) is 1.76. The van der Waals surface area contributed by atoms with E-state index in [2.05, 4.69) is 15.0 Å². The molecule has 0 unspecified atom stereocenters. The van der Waals surface area contributed by atoms with Crippen molar-refractivity contribution >= 4 is 33.6 Å². The highest BCUT2D eigenvalue weighted by molar-refractivity contribution is 5.86. The molecule has 0 amide bonds. The third-order valence-electron chi connectivity index (χ3n) is 6.04. The molecule has 2 aliphatic rings. The van der Waals surface area contributed by atoms with E-state index in [1.54, 1.807) is 35.2 Å². The topological polar surface area (TPSA) is 144 Å². The van der Waals surface area contributed by atoms with Crippen LogP contribution in [0.15, 0.2) is 61.3 Å². The molecule has 10 heteroatoms. The summed E-state index contributed by atoms with van der Waals surface area (Å²) in [4.78, 5) is 12.6. The molecule has 2 aliphatic heterocycles. The average molecular weight is 432 g/mol. The van der Waals surface area contributed by atoms with Gasteiger partial charge in [0, 0.05) is 17.6 Å². The summed E-state index contributed by atoms with van der Waals surface area (Å²) in [6, 6.07) is 11.0. The Morgan fingerprint density at radius 1 is 1.16 bits per heavy atom. The van der Waals surface area contributed by atoms with Gasteiger partial charge in [-0.1, -0.05) is 0 Å². The fourth-order valence-electron chi connectivity index (χ4n) is 4.30. The van der Waals surface area contributed by atoms with Crippen LogP contribution in [-0.4, -0.2) is 49.0 Å². The quantitative estimate of drug-likeness (QED) is 0.439. The maximum absolute atomic E-state index is 11.1. The van der Waals surface area contributed by atoms with Gasteiger partial charge in [0.1, 0.15) is 48.2 Å². The third-order valence-corrected chi connectivity index (χ3v) is 6.04. The lowest BCUT2D eigenvalue weighted by Gasteiger charge is -2.38. The first-order chi connectivity index (χ1) is 15.5. The van der Waals surface area contributed by atoms with Crippen LogP contribution >= 0.6 is 0 Å². The molecule has 5 N–H and O–H groups in total. The van der Waals surface area contributed by atoms with E-state index in [1.165, 1.54) is 6.33 Å². The normalized spacial score (nSPS) is 26.5. The highest BCUT2D eigenvalue weighted by Crippen LogP contribution is 2.45. The number of nitrogens with zero attached hydrogens (tertiary/aromatic N) is 4. The van der Waals surface area contributed by atoms with Crippen molar-refractivity contribution in [2.75, 3.05) is 18.1 Å². The van der Waals surface area contributed by atoms with Crippen molar-refractivity contribution in [1.29, 1.82) is 0 Å². The van der Waals surface area contributed by atoms with Crippen LogP contribution in [0, 0.1) is 0 Å². The molecule has 0 aliphatic carbocycles. The number of hydrogen-bond acceptors (Lipinski definition) is 9. The van der Waals surface area contributed by atoms with Crippen LogP contribution in [-0.2, 0) is 9.47 Å². The van der Waals surface area contributed by atoms with Crippen molar-refractivity contribution in [3.63, 3.8) is 0 Å². The molecule has 10 nitrogen and oxygen atoms in total. The summed E-state index contributed by atoms with van der Waals surface area (Å²) in [5.74, 6) is 1.42. The Labute approximate surface area is 182 Å². The number of fused-ring (bicyclic) bond motifs is 2. The zero-order valence-corrected chi connectivity index (χ0v) is 16.8. The van der Waals surface area contributed by atoms with Crippen LogP contribution in [0.5, 0.6) is 5.75 Å². The number of nitrogen functional groups attached to an aromatic ring is 2. The lowest BCUT2D eigenvalue weighted by atomic mass is 9.89. The lowest BCUT2D eigenvalue weighted by Crippen LogP contribution is -2.53. The molecule has 4 aromatic rings. The Hall–Kier alpha value is -3.89. The van der Waals surface area contributed by atoms with E-state index in [9.17, 15) is 5.11 Å². The van der Waals surface area contributed by atoms with Gasteiger partial charge in [0.2, 0.25) is 0 Å². The van der Waals surface area contributed by atoms with Crippen molar-refractivity contribution in [2.45, 2.75) is 24.0 Å². The fourth-order valence-corrected chi connectivity index (χ4v) is 4.30. The SMILES string of the molecule is Nc1ccc2ccc(OC[C@H]3O[C@@H](n4ccc5c(N)ncnc54)[C@H](O)[C@@]34C=CO4)cc2n1. The van der Waals surface area contributed by atoms with E-state index >= 15 is 0 Å². The number of anilines is 2. The summed E-state index contributed by atoms with van der Waals surface area (Å²) in [5.41, 5.74) is 12.0. The van der Waals surface area contributed by atoms with Gasteiger partial charge < -0.3 is 35.4 Å². The van der Waals surface area contributed by atoms with E-state index < -0.39 is 24.0 Å². The molecule has 32 heavy (non-hydrogen) atoms. The predicted molar refractivity (Wildman–Crippen MR) is 116 cm³/mol. The fraction of sp³-hybridized carbons (Fsp3) is 0.227. The highest BCUT2D eigenvalue weighted by Gasteiger charge is 2.60. The number of benzene rings is 1. The Morgan fingerprint density at radius 3 is 2.81 bits per heavy atom. The van der Waals surface area contributed by atoms with Crippen molar-refractivity contribution in [3.05, 3.63) is 61.3 Å². The monoisotopic (exact) mass is 432 g/mol. The number of pyridine rings is 1. The summed E-state index contributed by atoms with van der Waals surface area (Å²) in [7, 11) is 0. The molecule has 1 aromatic carbocycles. The van der Waals surface area contributed by atoms with Gasteiger partial charge in [-0.15, -0.1) is 0 Å². The average Bonchev–Trinajstić information content (AvgIpc) is 3.31. The number of hydrogen-bond donors (Lipinski definition) is 3. The Kier molecular flexibility index (Phi) is 4.01. The molecular weight excluding hydrogens is 412 g/mol. The molecule has 0 radical (unpaired) electrons. The highest BCUT2D eigenvalue weighted by atomic mass is 16.6. The second-order valence-electron chi connectivity index (χ2n) is 7.86. The number of nitrogens with two attached hydrogens (primary N) is 2. The molecule has 3 aromatic heterocycles. The maximum Gasteiger partial charge on any atom is 0.189 e. The molecule has 1 spiro atoms. The van der Waals surface area contributed by atoms with E-state index in [0.29, 0.717) is 28.4 Å². The first-order valence-corrected chi connectivity index (χ1v) is 10.1. The number of ether oxygens (including phenoxy) is 3. The zero-order valence-electron chi connectivity index (χ0n) is 16.8. The zero-order chi connectivity index (χ0) is 21.9. The second kappa shape index (κ2) is 6.81. The summed E-state index contributed by atoms with van der Waals surface area (Å²) in [6.07, 6.45) is 4.20. The van der Waals surface area contributed by atoms with Crippen LogP contribution in [0.1, 0.15) is 6.23 Å². The van der Waals surface area contributed by atoms with E-state index in [1.807, 2.05) is 24.3 Å². The summed E-state index contributed by atoms with van der Waals surface area (Å²) < 4.78 is 19.7. The van der Waals surface area contributed by atoms with Crippen molar-refractivity contribution in [3.8, 4) is 5.75 Å². The van der Waals surface area contributed by atoms with E-state index in [0.717, 1.165) is 10.9 Å². The molecule has 6 rings (SSSR count). The molecule has 0 bridgehead atoms. The van der Waals surface area contributed by atoms with Crippen molar-refractivity contribution in [2.24, 2.45) is 0 Å². The summed E-state index contributed by atoms with van der Waals surface area (Å²) in [5, 5.41) is 12.8. The van der Waals surface area contributed by atoms with Crippen LogP contribution in [0.4, 0.5) is 11.6 Å². The van der Waals surface area contributed by atoms with Crippen LogP contribution in [0.25, 0.3) is 21.9 Å². The lowest BCUT2D eigenvalue weighted by molar-refractivity contribution is -0.0911. The van der Waals surface area contributed by atoms with Crippen LogP contribution < -0.4 is 16.2 Å². The Morgan fingerprint density at radius 2 is 2.00 bits per heavy atom. The first-order valence-electron chi connectivity index (χ1n) is 10.1. The standard InChI is InChI=1S/C22H20N6O4/c23-17-4-2-12-1-3-13(9-15(12)27-17)30-10-16-22(6-8-31-22)18(29)21(32-16)28-7-5-14-19(24)25-11-26-20(14)28/h1-9,11,16,18,21,29H,10H2,(H2,23,27)(H2,24,25,26)/t16-,18+,21-,22-/m1/s1. The maximum atomic E-state index is 11.1. The van der Waals surface area contributed by atoms with Gasteiger partial charge in [-0.3, -0.25) is 0 Å². The van der Waals surface area contributed by atoms with Gasteiger partial charge in [-0.2, -0.15) is 0 Å². The van der Waals surface area contributed by atoms with Crippen molar-refractivity contribution in [1.82, 2.24) is 19.5 Å². The number of aliphatic hydroxyl groups excluding tert-OH is 1. The largest absolute Gasteiger partial charge is 0.491 e. The minimum Gasteiger partial charge on any atom is -0.491 e. The third kappa shape index (κ3) is 2.70. The summed E-state index contributed by atoms with van der Waals surface area (Å²) in [6.45, 7) is 0.155. The molecule has 1 saturated heterocycles. The molecule has 0 saturated carbocycles. The van der Waals surface area contributed by atoms with Gasteiger partial charge in [-0.05, 0) is 36.4 Å². The molecular formula is C22H20N6O4. The number of aromatic nitrogens is 4. The molecule has 5 heterocycles. The Bertz CT molecular complexity index is 1370. The van der Waals surface area contributed by atoms with E-state index in [4.69, 9.17) is 25.7 Å². The van der Waals surface area contributed by atoms with Gasteiger partial charge in [0.05, 0.1) is 17.2 Å². The van der Waals surface area contributed by atoms with Crippen LogP contribution in [0.2, 0.25) is 0 Å². The Balaban J connectivity index is 1.28. The molecule has 4 atom stereocenters. The molecule has 162 valence electrons. The van der Waals surface area contributed by atoms with Crippen molar-refractivity contribution < 1.29 is 19.3 Å². The van der Waals surface area contributed by atoms with Crippen LogP contribution in [0.3, 0.4) is 0 Å². The number of aliphatic hydroxyl groups is 1. The smallest absolute Gasteiger partial charge is 0.189 e. The van der Waals surface area contributed by atoms with Gasteiger partial charge in [0.25, 0.3) is 0 Å². The first kappa shape index (κ1) is 18.8. The minimum absolute atomic E-state index is 0.155.